The largest absolute Gasteiger partial charge is 0.480 e. The summed E-state index contributed by atoms with van der Waals surface area (Å²) in [4.78, 5) is 20.4. The van der Waals surface area contributed by atoms with Crippen LogP contribution < -0.4 is 0 Å². The van der Waals surface area contributed by atoms with Gasteiger partial charge in [-0.1, -0.05) is 0 Å². The van der Waals surface area contributed by atoms with E-state index in [1.54, 1.807) is 0 Å². The van der Waals surface area contributed by atoms with Crippen molar-refractivity contribution in [2.75, 3.05) is 0 Å². The zero-order valence-electron chi connectivity index (χ0n) is 7.67. The third kappa shape index (κ3) is 1.56. The van der Waals surface area contributed by atoms with Gasteiger partial charge in [-0.25, -0.2) is 9.48 Å². The highest BCUT2D eigenvalue weighted by molar-refractivity contribution is 5.71. The van der Waals surface area contributed by atoms with Crippen LogP contribution in [0.4, 0.5) is 5.69 Å². The normalized spacial score (nSPS) is 12.4. The van der Waals surface area contributed by atoms with Gasteiger partial charge < -0.3 is 5.11 Å². The highest BCUT2D eigenvalue weighted by atomic mass is 16.6. The van der Waals surface area contributed by atoms with E-state index in [0.717, 1.165) is 10.9 Å². The lowest BCUT2D eigenvalue weighted by atomic mass is 10.3. The molecule has 14 heavy (non-hydrogen) atoms. The van der Waals surface area contributed by atoms with E-state index in [2.05, 4.69) is 5.10 Å². The van der Waals surface area contributed by atoms with Gasteiger partial charge in [0.25, 0.3) is 0 Å². The quantitative estimate of drug-likeness (QED) is 0.571. The van der Waals surface area contributed by atoms with Gasteiger partial charge in [0.2, 0.25) is 0 Å². The highest BCUT2D eigenvalue weighted by Gasteiger charge is 2.22. The van der Waals surface area contributed by atoms with Gasteiger partial charge in [-0.15, -0.1) is 0 Å². The molecule has 76 valence electrons. The Morgan fingerprint density at radius 2 is 2.36 bits per heavy atom. The van der Waals surface area contributed by atoms with Crippen molar-refractivity contribution in [3.8, 4) is 0 Å². The molecule has 0 amide bonds. The minimum atomic E-state index is -1.08. The topological polar surface area (TPSA) is 98.3 Å². The smallest absolute Gasteiger partial charge is 0.328 e. The van der Waals surface area contributed by atoms with Crippen molar-refractivity contribution in [1.29, 1.82) is 0 Å². The summed E-state index contributed by atoms with van der Waals surface area (Å²) in [6.07, 6.45) is 1.05. The Morgan fingerprint density at radius 3 is 2.71 bits per heavy atom. The Labute approximate surface area is 79.1 Å². The van der Waals surface area contributed by atoms with Crippen LogP contribution in [0.5, 0.6) is 0 Å². The van der Waals surface area contributed by atoms with Crippen molar-refractivity contribution in [2.24, 2.45) is 0 Å². The van der Waals surface area contributed by atoms with Crippen molar-refractivity contribution >= 4 is 11.7 Å². The van der Waals surface area contributed by atoms with Gasteiger partial charge >= 0.3 is 11.7 Å². The predicted octanol–water partition coefficient (Wildman–Crippen LogP) is 0.745. The summed E-state index contributed by atoms with van der Waals surface area (Å²) in [7, 11) is 0. The van der Waals surface area contributed by atoms with Crippen molar-refractivity contribution in [2.45, 2.75) is 19.9 Å². The summed E-state index contributed by atoms with van der Waals surface area (Å²) in [5.41, 5.74) is 0.0722. The lowest BCUT2D eigenvalue weighted by Gasteiger charge is -2.07. The van der Waals surface area contributed by atoms with E-state index in [9.17, 15) is 14.9 Å². The Bertz CT molecular complexity index is 384. The van der Waals surface area contributed by atoms with Gasteiger partial charge in [-0.2, -0.15) is 5.10 Å². The second-order valence-electron chi connectivity index (χ2n) is 2.83. The Morgan fingerprint density at radius 1 is 1.79 bits per heavy atom. The molecule has 7 heteroatoms. The molecular weight excluding hydrogens is 190 g/mol. The minimum absolute atomic E-state index is 0.168. The first-order valence-electron chi connectivity index (χ1n) is 3.86. The molecule has 0 fully saturated rings. The zero-order chi connectivity index (χ0) is 10.9. The summed E-state index contributed by atoms with van der Waals surface area (Å²) in [6.45, 7) is 2.87. The van der Waals surface area contributed by atoms with E-state index < -0.39 is 16.9 Å². The van der Waals surface area contributed by atoms with Crippen molar-refractivity contribution in [1.82, 2.24) is 9.78 Å². The maximum atomic E-state index is 10.6. The van der Waals surface area contributed by atoms with E-state index >= 15 is 0 Å². The van der Waals surface area contributed by atoms with E-state index in [1.165, 1.54) is 13.8 Å². The predicted molar refractivity (Wildman–Crippen MR) is 46.0 cm³/mol. The number of nitro groups is 1. The average Bonchev–Trinajstić information content (AvgIpc) is 2.45. The number of carboxylic acids is 1. The van der Waals surface area contributed by atoms with E-state index in [4.69, 9.17) is 5.11 Å². The number of carboxylic acid groups (broad SMARTS) is 1. The first-order valence-corrected chi connectivity index (χ1v) is 3.86. The molecule has 0 saturated carbocycles. The fourth-order valence-electron chi connectivity index (χ4n) is 1.09. The summed E-state index contributed by atoms with van der Waals surface area (Å²) < 4.78 is 1.11. The second kappa shape index (κ2) is 3.44. The number of hydrogen-bond donors (Lipinski definition) is 1. The van der Waals surface area contributed by atoms with Gasteiger partial charge in [0, 0.05) is 0 Å². The van der Waals surface area contributed by atoms with Crippen LogP contribution in [0.1, 0.15) is 18.7 Å². The minimum Gasteiger partial charge on any atom is -0.480 e. The van der Waals surface area contributed by atoms with Crippen LogP contribution in [0, 0.1) is 17.0 Å². The van der Waals surface area contributed by atoms with Crippen LogP contribution >= 0.6 is 0 Å². The number of carbonyl (C=O) groups is 1. The lowest BCUT2D eigenvalue weighted by molar-refractivity contribution is -0.385. The first kappa shape index (κ1) is 10.2. The highest BCUT2D eigenvalue weighted by Crippen LogP contribution is 2.19. The van der Waals surface area contributed by atoms with Gasteiger partial charge in [0.05, 0.1) is 4.92 Å². The zero-order valence-corrected chi connectivity index (χ0v) is 7.67. The monoisotopic (exact) mass is 199 g/mol. The molecule has 7 nitrogen and oxygen atoms in total. The molecule has 0 aromatic carbocycles. The first-order chi connectivity index (χ1) is 6.45. The second-order valence-corrected chi connectivity index (χ2v) is 2.83. The van der Waals surface area contributed by atoms with Crippen LogP contribution in [0.25, 0.3) is 0 Å². The number of aliphatic carboxylic acids is 1. The van der Waals surface area contributed by atoms with Crippen molar-refractivity contribution in [3.05, 3.63) is 22.0 Å². The van der Waals surface area contributed by atoms with E-state index in [1.807, 2.05) is 0 Å². The van der Waals surface area contributed by atoms with Gasteiger partial charge in [0.1, 0.15) is 17.9 Å². The molecule has 0 spiro atoms. The van der Waals surface area contributed by atoms with Crippen LogP contribution in [0.3, 0.4) is 0 Å². The molecule has 1 atom stereocenters. The number of aromatic nitrogens is 2. The molecule has 0 saturated heterocycles. The average molecular weight is 199 g/mol. The Balaban J connectivity index is 3.13. The molecule has 1 rings (SSSR count). The van der Waals surface area contributed by atoms with Gasteiger partial charge in [-0.3, -0.25) is 10.1 Å². The fraction of sp³-hybridized carbons (Fsp3) is 0.429. The Kier molecular flexibility index (Phi) is 2.50. The molecule has 1 aromatic rings. The van der Waals surface area contributed by atoms with Crippen LogP contribution in [-0.4, -0.2) is 25.8 Å². The molecular formula is C7H9N3O4. The summed E-state index contributed by atoms with van der Waals surface area (Å²) in [5.74, 6) is -1.08. The summed E-state index contributed by atoms with van der Waals surface area (Å²) in [5, 5.41) is 22.8. The summed E-state index contributed by atoms with van der Waals surface area (Å²) in [6, 6.07) is -0.899. The van der Waals surface area contributed by atoms with E-state index in [-0.39, 0.29) is 11.4 Å². The molecule has 1 heterocycles. The lowest BCUT2D eigenvalue weighted by Crippen LogP contribution is -2.17. The maximum absolute atomic E-state index is 10.6. The van der Waals surface area contributed by atoms with Crippen LogP contribution in [0.2, 0.25) is 0 Å². The number of nitrogens with zero attached hydrogens (tertiary/aromatic N) is 3. The third-order valence-corrected chi connectivity index (χ3v) is 1.94. The standard InChI is InChI=1S/C7H9N3O4/c1-4-6(10(13)14)3-8-9(4)5(2)7(11)12/h3,5H,1-2H3,(H,11,12)/t5-/m0/s1. The molecule has 0 bridgehead atoms. The number of rotatable bonds is 3. The Hall–Kier alpha value is -1.92. The van der Waals surface area contributed by atoms with Crippen LogP contribution in [-0.2, 0) is 4.79 Å². The maximum Gasteiger partial charge on any atom is 0.328 e. The number of hydrogen-bond acceptors (Lipinski definition) is 4. The van der Waals surface area contributed by atoms with E-state index in [0.29, 0.717) is 0 Å². The molecule has 0 radical (unpaired) electrons. The molecule has 0 aliphatic carbocycles. The van der Waals surface area contributed by atoms with Crippen molar-refractivity contribution < 1.29 is 14.8 Å². The summed E-state index contributed by atoms with van der Waals surface area (Å²) >= 11 is 0. The van der Waals surface area contributed by atoms with Gasteiger partial charge in [-0.05, 0) is 13.8 Å². The molecule has 1 aromatic heterocycles. The molecule has 0 unspecified atom stereocenters. The molecule has 0 aliphatic heterocycles. The third-order valence-electron chi connectivity index (χ3n) is 1.94. The molecule has 0 aliphatic rings. The van der Waals surface area contributed by atoms with Crippen LogP contribution in [0.15, 0.2) is 6.20 Å². The fourth-order valence-corrected chi connectivity index (χ4v) is 1.09. The van der Waals surface area contributed by atoms with Crippen molar-refractivity contribution in [3.63, 3.8) is 0 Å². The molecule has 1 N–H and O–H groups in total. The SMILES string of the molecule is Cc1c([N+](=O)[O-])cnn1[C@@H](C)C(=O)O. The van der Waals surface area contributed by atoms with Gasteiger partial charge in [0.15, 0.2) is 0 Å².